The van der Waals surface area contributed by atoms with Crippen LogP contribution in [0, 0.1) is 0 Å². The van der Waals surface area contributed by atoms with E-state index in [0.29, 0.717) is 15.9 Å². The Bertz CT molecular complexity index is 1260. The fourth-order valence-corrected chi connectivity index (χ4v) is 6.83. The van der Waals surface area contributed by atoms with Crippen LogP contribution < -0.4 is 4.90 Å². The first-order valence-corrected chi connectivity index (χ1v) is 12.3. The van der Waals surface area contributed by atoms with Crippen LogP contribution in [0.15, 0.2) is 56.1 Å². The lowest BCUT2D eigenvalue weighted by atomic mass is 10.0. The van der Waals surface area contributed by atoms with Crippen molar-refractivity contribution in [1.29, 1.82) is 0 Å². The van der Waals surface area contributed by atoms with Crippen molar-refractivity contribution in [3.05, 3.63) is 62.2 Å². The molecule has 0 fully saturated rings. The fourth-order valence-electron chi connectivity index (χ4n) is 3.44. The third-order valence-corrected chi connectivity index (χ3v) is 10.6. The van der Waals surface area contributed by atoms with Gasteiger partial charge in [0.1, 0.15) is 5.84 Å². The number of anilines is 1. The van der Waals surface area contributed by atoms with Crippen LogP contribution in [0.2, 0.25) is 0 Å². The Morgan fingerprint density at radius 1 is 0.741 bits per heavy atom. The van der Waals surface area contributed by atoms with Crippen molar-refractivity contribution >= 4 is 129 Å². The molecule has 2 heterocycles. The molecule has 3 nitrogen and oxygen atoms in total. The molecule has 0 aromatic heterocycles. The summed E-state index contributed by atoms with van der Waals surface area (Å²) in [6, 6.07) is 7.98. The van der Waals surface area contributed by atoms with Crippen LogP contribution in [0.4, 0.5) is 11.4 Å². The molecule has 0 spiro atoms. The number of hydrogen-bond acceptors (Lipinski definition) is 2. The predicted molar refractivity (Wildman–Crippen MR) is 130 cm³/mol. The van der Waals surface area contributed by atoms with E-state index >= 15 is 0 Å². The molecular formula is C18H4Br6N2O. The third-order valence-electron chi connectivity index (χ3n) is 4.59. The second-order valence-electron chi connectivity index (χ2n) is 5.97. The maximum Gasteiger partial charge on any atom is 0.266 e. The summed E-state index contributed by atoms with van der Waals surface area (Å²) in [7, 11) is 0. The molecular weight excluding hydrogens is 740 g/mol. The number of fused-ring (bicyclic) bond motifs is 4. The van der Waals surface area contributed by atoms with Crippen LogP contribution in [0.1, 0.15) is 15.9 Å². The first-order valence-electron chi connectivity index (χ1n) is 7.53. The minimum absolute atomic E-state index is 0.122. The molecule has 3 aromatic carbocycles. The Hall–Kier alpha value is -0.0600. The molecule has 0 N–H and O–H groups in total. The van der Waals surface area contributed by atoms with E-state index < -0.39 is 0 Å². The first-order chi connectivity index (χ1) is 12.8. The van der Waals surface area contributed by atoms with E-state index in [1.807, 2.05) is 24.3 Å². The molecule has 0 unspecified atom stereocenters. The van der Waals surface area contributed by atoms with Crippen molar-refractivity contribution < 1.29 is 4.79 Å². The lowest BCUT2D eigenvalue weighted by molar-refractivity contribution is 0.101. The summed E-state index contributed by atoms with van der Waals surface area (Å²) < 4.78 is 4.79. The standard InChI is InChI=1S/C18H4Br6N2O/c19-6-3-1-5-2-4-7(20)16-8(5)15(6)25-17-9-10(18(27)26(16)17)12(22)14(24)13(23)11(9)21/h1-4H. The molecule has 134 valence electrons. The number of rotatable bonds is 0. The summed E-state index contributed by atoms with van der Waals surface area (Å²) in [5, 5.41) is 1.97. The van der Waals surface area contributed by atoms with Gasteiger partial charge in [0.2, 0.25) is 0 Å². The van der Waals surface area contributed by atoms with Crippen LogP contribution in [0.5, 0.6) is 0 Å². The minimum atomic E-state index is -0.122. The highest BCUT2D eigenvalue weighted by Gasteiger charge is 2.43. The lowest BCUT2D eigenvalue weighted by Gasteiger charge is -2.26. The highest BCUT2D eigenvalue weighted by atomic mass is 79.9. The minimum Gasteiger partial charge on any atom is -0.268 e. The molecule has 27 heavy (non-hydrogen) atoms. The zero-order valence-corrected chi connectivity index (χ0v) is 22.4. The van der Waals surface area contributed by atoms with Gasteiger partial charge in [0.15, 0.2) is 0 Å². The maximum absolute atomic E-state index is 13.5. The Labute approximate surface area is 204 Å². The van der Waals surface area contributed by atoms with Crippen LogP contribution in [0.3, 0.4) is 0 Å². The van der Waals surface area contributed by atoms with E-state index in [9.17, 15) is 4.79 Å². The summed E-state index contributed by atoms with van der Waals surface area (Å²) in [6.07, 6.45) is 0. The van der Waals surface area contributed by atoms with Gasteiger partial charge in [-0.05, 0) is 113 Å². The monoisotopic (exact) mass is 738 g/mol. The Kier molecular flexibility index (Phi) is 4.54. The first kappa shape index (κ1) is 18.9. The second-order valence-corrected chi connectivity index (χ2v) is 10.9. The molecule has 2 aliphatic heterocycles. The highest BCUT2D eigenvalue weighted by molar-refractivity contribution is 9.15. The molecule has 9 heteroatoms. The zero-order valence-electron chi connectivity index (χ0n) is 12.9. The van der Waals surface area contributed by atoms with Crippen LogP contribution in [0.25, 0.3) is 10.8 Å². The highest BCUT2D eigenvalue weighted by Crippen LogP contribution is 2.52. The molecule has 5 rings (SSSR count). The summed E-state index contributed by atoms with van der Waals surface area (Å²) in [4.78, 5) is 20.1. The molecule has 0 saturated carbocycles. The molecule has 2 aliphatic rings. The number of aliphatic imine (C=N–C) groups is 1. The summed E-state index contributed by atoms with van der Waals surface area (Å²) in [5.41, 5.74) is 2.95. The second kappa shape index (κ2) is 6.47. The van der Waals surface area contributed by atoms with Gasteiger partial charge in [-0.25, -0.2) is 4.99 Å². The molecule has 0 radical (unpaired) electrons. The van der Waals surface area contributed by atoms with Gasteiger partial charge < -0.3 is 0 Å². The largest absolute Gasteiger partial charge is 0.268 e. The number of carbonyl (C=O) groups excluding carboxylic acids is 1. The topological polar surface area (TPSA) is 32.7 Å². The summed E-state index contributed by atoms with van der Waals surface area (Å²) in [6.45, 7) is 0. The summed E-state index contributed by atoms with van der Waals surface area (Å²) in [5.74, 6) is 0.478. The molecule has 0 aliphatic carbocycles. The third kappa shape index (κ3) is 2.45. The molecule has 0 saturated heterocycles. The normalized spacial score (nSPS) is 14.5. The average Bonchev–Trinajstić information content (AvgIpc) is 2.95. The Morgan fingerprint density at radius 3 is 2.00 bits per heavy atom. The number of amidine groups is 1. The smallest absolute Gasteiger partial charge is 0.266 e. The van der Waals surface area contributed by atoms with E-state index in [1.165, 1.54) is 0 Å². The molecule has 0 atom stereocenters. The van der Waals surface area contributed by atoms with Crippen molar-refractivity contribution in [3.63, 3.8) is 0 Å². The van der Waals surface area contributed by atoms with Gasteiger partial charge in [-0.2, -0.15) is 0 Å². The van der Waals surface area contributed by atoms with Gasteiger partial charge >= 0.3 is 0 Å². The number of amides is 1. The lowest BCUT2D eigenvalue weighted by Crippen LogP contribution is -2.32. The van der Waals surface area contributed by atoms with Crippen LogP contribution in [-0.2, 0) is 0 Å². The van der Waals surface area contributed by atoms with Gasteiger partial charge in [-0.15, -0.1) is 0 Å². The molecule has 1 amide bonds. The van der Waals surface area contributed by atoms with E-state index in [4.69, 9.17) is 4.99 Å². The SMILES string of the molecule is O=C1c2c(Br)c(Br)c(Br)c(Br)c2C2=Nc3c(Br)ccc4ccc(Br)c(c34)N12. The number of nitrogens with zero attached hydrogens (tertiary/aromatic N) is 2. The Morgan fingerprint density at radius 2 is 1.33 bits per heavy atom. The van der Waals surface area contributed by atoms with Gasteiger partial charge in [-0.1, -0.05) is 12.1 Å². The van der Waals surface area contributed by atoms with Crippen molar-refractivity contribution in [2.24, 2.45) is 4.99 Å². The van der Waals surface area contributed by atoms with Gasteiger partial charge in [0.25, 0.3) is 5.91 Å². The van der Waals surface area contributed by atoms with Gasteiger partial charge in [-0.3, -0.25) is 9.69 Å². The zero-order chi connectivity index (χ0) is 19.2. The van der Waals surface area contributed by atoms with E-state index in [-0.39, 0.29) is 5.91 Å². The van der Waals surface area contributed by atoms with Crippen LogP contribution >= 0.6 is 95.6 Å². The average molecular weight is 744 g/mol. The summed E-state index contributed by atoms with van der Waals surface area (Å²) >= 11 is 21.6. The van der Waals surface area contributed by atoms with E-state index in [2.05, 4.69) is 95.6 Å². The van der Waals surface area contributed by atoms with Gasteiger partial charge in [0.05, 0.1) is 16.9 Å². The van der Waals surface area contributed by atoms with Crippen LogP contribution in [-0.4, -0.2) is 11.7 Å². The number of hydrogen-bond donors (Lipinski definition) is 0. The van der Waals surface area contributed by atoms with E-state index in [1.54, 1.807) is 4.90 Å². The number of halogens is 6. The van der Waals surface area contributed by atoms with Crippen molar-refractivity contribution in [1.82, 2.24) is 0 Å². The van der Waals surface area contributed by atoms with Gasteiger partial charge in [0, 0.05) is 37.8 Å². The molecule has 3 aromatic rings. The van der Waals surface area contributed by atoms with Crippen molar-refractivity contribution in [2.45, 2.75) is 0 Å². The predicted octanol–water partition coefficient (Wildman–Crippen LogP) is 8.47. The quantitative estimate of drug-likeness (QED) is 0.168. The van der Waals surface area contributed by atoms with Crippen molar-refractivity contribution in [2.75, 3.05) is 4.90 Å². The van der Waals surface area contributed by atoms with Crippen molar-refractivity contribution in [3.8, 4) is 0 Å². The van der Waals surface area contributed by atoms with E-state index in [0.717, 1.165) is 50.1 Å². The maximum atomic E-state index is 13.5. The number of benzene rings is 3. The number of carbonyl (C=O) groups is 1. The molecule has 0 bridgehead atoms. The Balaban J connectivity index is 1.98. The fraction of sp³-hybridized carbons (Fsp3) is 0.